The van der Waals surface area contributed by atoms with E-state index >= 15 is 0 Å². The number of fused-ring (bicyclic) bond motifs is 29. The summed E-state index contributed by atoms with van der Waals surface area (Å²) in [6.07, 6.45) is 0. The van der Waals surface area contributed by atoms with Gasteiger partial charge in [0.05, 0.1) is 7.11 Å². The topological polar surface area (TPSA) is 61.8 Å². The first-order valence-electron chi connectivity index (χ1n) is 37.7. The first kappa shape index (κ1) is 65.0. The molecule has 0 amide bonds. The zero-order valence-corrected chi connectivity index (χ0v) is 62.2. The number of benzene rings is 19. The van der Waals surface area contributed by atoms with E-state index in [-0.39, 0.29) is 0 Å². The Morgan fingerprint density at radius 3 is 0.920 bits per heavy atom. The molecular weight excluding hydrogens is 1410 g/mol. The molecular formula is C105H64O5S2. The summed E-state index contributed by atoms with van der Waals surface area (Å²) in [7, 11) is 1.69. The lowest BCUT2D eigenvalue weighted by molar-refractivity contribution is 0.415. The van der Waals surface area contributed by atoms with Crippen LogP contribution < -0.4 is 4.74 Å². The molecule has 0 spiro atoms. The van der Waals surface area contributed by atoms with Gasteiger partial charge < -0.3 is 22.4 Å². The van der Waals surface area contributed by atoms with Crippen molar-refractivity contribution >= 4 is 207 Å². The van der Waals surface area contributed by atoms with Gasteiger partial charge in [-0.25, -0.2) is 0 Å². The Morgan fingerprint density at radius 2 is 0.536 bits per heavy atom. The van der Waals surface area contributed by atoms with Gasteiger partial charge in [-0.3, -0.25) is 0 Å². The van der Waals surface area contributed by atoms with Crippen LogP contribution in [0.4, 0.5) is 0 Å². The third-order valence-corrected chi connectivity index (χ3v) is 24.2. The number of hydrogen-bond donors (Lipinski definition) is 0. The summed E-state index contributed by atoms with van der Waals surface area (Å²) in [5.74, 6) is 0.860. The predicted octanol–water partition coefficient (Wildman–Crippen LogP) is 31.5. The highest BCUT2D eigenvalue weighted by atomic mass is 32.1. The molecule has 0 atom stereocenters. The van der Waals surface area contributed by atoms with Crippen LogP contribution in [-0.2, 0) is 0 Å². The van der Waals surface area contributed by atoms with Gasteiger partial charge in [0.25, 0.3) is 0 Å². The highest BCUT2D eigenvalue weighted by molar-refractivity contribution is 7.17. The summed E-state index contributed by atoms with van der Waals surface area (Å²) < 4.78 is 32.2. The fraction of sp³-hybridized carbons (Fsp3) is 0.00952. The van der Waals surface area contributed by atoms with Crippen molar-refractivity contribution in [3.8, 4) is 50.3 Å². The first-order valence-corrected chi connectivity index (χ1v) is 39.6. The summed E-state index contributed by atoms with van der Waals surface area (Å²) >= 11 is 3.54. The van der Waals surface area contributed by atoms with Gasteiger partial charge in [0.2, 0.25) is 0 Å². The average molecular weight is 1470 g/mol. The molecule has 25 rings (SSSR count). The molecule has 112 heavy (non-hydrogen) atoms. The van der Waals surface area contributed by atoms with Gasteiger partial charge in [0.1, 0.15) is 50.4 Å². The lowest BCUT2D eigenvalue weighted by Gasteiger charge is -2.12. The van der Waals surface area contributed by atoms with Crippen molar-refractivity contribution in [2.45, 2.75) is 0 Å². The Labute approximate surface area is 649 Å². The maximum atomic E-state index is 6.44. The predicted molar refractivity (Wildman–Crippen MR) is 476 cm³/mol. The van der Waals surface area contributed by atoms with Gasteiger partial charge >= 0.3 is 0 Å². The maximum absolute atomic E-state index is 6.44. The summed E-state index contributed by atoms with van der Waals surface area (Å²) in [5, 5.41) is 36.8. The van der Waals surface area contributed by atoms with Crippen LogP contribution in [0.5, 0.6) is 5.75 Å². The van der Waals surface area contributed by atoms with Gasteiger partial charge in [0, 0.05) is 80.3 Å². The van der Waals surface area contributed by atoms with Crippen LogP contribution in [0.2, 0.25) is 0 Å². The number of furan rings is 4. The number of rotatable bonds is 5. The number of thiophene rings is 2. The van der Waals surface area contributed by atoms with Crippen LogP contribution in [0.15, 0.2) is 386 Å². The van der Waals surface area contributed by atoms with Crippen molar-refractivity contribution in [1.82, 2.24) is 0 Å². The van der Waals surface area contributed by atoms with E-state index in [4.69, 9.17) is 22.4 Å². The lowest BCUT2D eigenvalue weighted by atomic mass is 9.92. The molecule has 0 saturated carbocycles. The summed E-state index contributed by atoms with van der Waals surface area (Å²) in [5.41, 5.74) is 17.6. The van der Waals surface area contributed by atoms with Gasteiger partial charge in [-0.15, -0.1) is 11.3 Å². The summed E-state index contributed by atoms with van der Waals surface area (Å²) in [4.78, 5) is 0. The van der Waals surface area contributed by atoms with E-state index in [1.54, 1.807) is 29.8 Å². The second kappa shape index (κ2) is 26.7. The number of ether oxygens (including phenoxy) is 1. The van der Waals surface area contributed by atoms with Crippen LogP contribution in [0.3, 0.4) is 0 Å². The van der Waals surface area contributed by atoms with Crippen molar-refractivity contribution in [3.05, 3.63) is 368 Å². The van der Waals surface area contributed by atoms with E-state index in [1.807, 2.05) is 54.6 Å². The monoisotopic (exact) mass is 1470 g/mol. The second-order valence-electron chi connectivity index (χ2n) is 28.7. The highest BCUT2D eigenvalue weighted by Gasteiger charge is 2.22. The van der Waals surface area contributed by atoms with Gasteiger partial charge in [-0.05, 0) is 217 Å². The quantitative estimate of drug-likeness (QED) is 0.161. The Bertz CT molecular complexity index is 8050. The zero-order valence-electron chi connectivity index (χ0n) is 60.6. The minimum atomic E-state index is 0.860. The van der Waals surface area contributed by atoms with Crippen molar-refractivity contribution in [2.24, 2.45) is 0 Å². The second-order valence-corrected chi connectivity index (χ2v) is 30.4. The molecule has 6 heterocycles. The molecule has 0 radical (unpaired) electrons. The molecule has 0 bridgehead atoms. The Hall–Kier alpha value is -14.1. The van der Waals surface area contributed by atoms with Gasteiger partial charge in [0.15, 0.2) is 0 Å². The Kier molecular flexibility index (Phi) is 15.5. The zero-order chi connectivity index (χ0) is 73.9. The fourth-order valence-electron chi connectivity index (χ4n) is 17.4. The van der Waals surface area contributed by atoms with E-state index in [2.05, 4.69) is 313 Å². The smallest absolute Gasteiger partial charge is 0.143 e. The van der Waals surface area contributed by atoms with E-state index < -0.39 is 0 Å². The van der Waals surface area contributed by atoms with Crippen molar-refractivity contribution in [2.75, 3.05) is 7.11 Å². The normalized spacial score (nSPS) is 11.8. The molecule has 25 aromatic rings. The van der Waals surface area contributed by atoms with Crippen molar-refractivity contribution < 1.29 is 22.4 Å². The molecule has 0 aliphatic heterocycles. The first-order chi connectivity index (χ1) is 55.5. The molecule has 0 fully saturated rings. The molecule has 6 aromatic heterocycles. The molecule has 0 aliphatic carbocycles. The molecule has 0 unspecified atom stereocenters. The fourth-order valence-corrected chi connectivity index (χ4v) is 19.0. The maximum Gasteiger partial charge on any atom is 0.143 e. The van der Waals surface area contributed by atoms with Crippen LogP contribution in [0.25, 0.3) is 229 Å². The number of hydrogen-bond acceptors (Lipinski definition) is 7. The molecule has 0 aliphatic rings. The number of methoxy groups -OCH3 is 1. The minimum Gasteiger partial charge on any atom is -0.497 e. The van der Waals surface area contributed by atoms with Crippen LogP contribution in [0.1, 0.15) is 0 Å². The third kappa shape index (κ3) is 10.6. The van der Waals surface area contributed by atoms with Gasteiger partial charge in [-0.1, -0.05) is 255 Å². The Balaban J connectivity index is 0.0000000917. The van der Waals surface area contributed by atoms with Crippen LogP contribution >= 0.6 is 22.7 Å². The van der Waals surface area contributed by atoms with Crippen molar-refractivity contribution in [3.63, 3.8) is 0 Å². The molecule has 19 aromatic carbocycles. The van der Waals surface area contributed by atoms with Crippen LogP contribution in [0, 0.1) is 0 Å². The molecule has 0 saturated heterocycles. The average Bonchev–Trinajstić information content (AvgIpc) is 1.50. The molecule has 5 nitrogen and oxygen atoms in total. The Morgan fingerprint density at radius 1 is 0.223 bits per heavy atom. The minimum absolute atomic E-state index is 0.860. The standard InChI is InChI=1S/C28H16OS.C27H18O2.C26H16O.C24H14OS/c1-2-8-18-17(7-1)15-23(24-16-30-26-12-6-4-10-20(24)26)21-13-14-22-19-9-3-5-11-25(19)29-28(22)27(18)21;1-28-19-12-10-17(11-13-19)24-16-18-6-2-3-7-20(18)26-22(24)14-15-23-21-8-4-5-9-25(21)29-27(23)26;1-2-8-17(9-3-1)23-16-18-10-4-5-11-19(18)25-21(23)14-15-22-20-12-6-7-13-24(20)27-26(22)25;1-2-6-17-15(5-1)13-21(16-11-12-26-14-16)19-9-10-20-18-7-3-4-8-22(18)25-24(20)23(17)19/h1-16H;2-16H,1H3;1-16H;1-14H. The number of para-hydroxylation sites is 4. The van der Waals surface area contributed by atoms with Crippen LogP contribution in [-0.4, -0.2) is 7.11 Å². The SMILES string of the molecule is COc1ccc(-c2cc3ccccc3c3c2ccc2c4ccccc4oc23)cc1.c1ccc(-c2cc3ccccc3c3c2ccc2c4ccccc4oc23)cc1.c1ccc2c(c1)cc(-c1ccsc1)c1ccc3c4ccccc4oc3c12.c1ccc2c(c1)cc(-c1csc3ccccc13)c1ccc3c4ccccc4oc3c12. The van der Waals surface area contributed by atoms with E-state index in [0.717, 1.165) is 66.7 Å². The highest BCUT2D eigenvalue weighted by Crippen LogP contribution is 2.49. The van der Waals surface area contributed by atoms with Crippen molar-refractivity contribution in [1.29, 1.82) is 0 Å². The largest absolute Gasteiger partial charge is 0.497 e. The lowest BCUT2D eigenvalue weighted by Crippen LogP contribution is -1.86. The molecule has 526 valence electrons. The van der Waals surface area contributed by atoms with Gasteiger partial charge in [-0.2, -0.15) is 11.3 Å². The molecule has 0 N–H and O–H groups in total. The summed E-state index contributed by atoms with van der Waals surface area (Å²) in [6, 6.07) is 124. The van der Waals surface area contributed by atoms with E-state index in [9.17, 15) is 0 Å². The summed E-state index contributed by atoms with van der Waals surface area (Å²) in [6.45, 7) is 0. The van der Waals surface area contributed by atoms with E-state index in [0.29, 0.717) is 0 Å². The third-order valence-electron chi connectivity index (χ3n) is 22.6. The molecule has 7 heteroatoms. The van der Waals surface area contributed by atoms with E-state index in [1.165, 1.54) is 168 Å².